The van der Waals surface area contributed by atoms with Crippen LogP contribution in [0.2, 0.25) is 0 Å². The van der Waals surface area contributed by atoms with Gasteiger partial charge in [-0.15, -0.1) is 0 Å². The Balaban J connectivity index is 1.60. The molecule has 0 saturated heterocycles. The highest BCUT2D eigenvalue weighted by Gasteiger charge is 2.05. The van der Waals surface area contributed by atoms with E-state index in [4.69, 9.17) is 0 Å². The van der Waals surface area contributed by atoms with Crippen LogP contribution in [0.5, 0.6) is 5.75 Å². The molecule has 2 aromatic carbocycles. The maximum absolute atomic E-state index is 10.1. The van der Waals surface area contributed by atoms with Crippen molar-refractivity contribution in [3.05, 3.63) is 83.7 Å². The molecule has 0 saturated carbocycles. The molecule has 0 radical (unpaired) electrons. The predicted octanol–water partition coefficient (Wildman–Crippen LogP) is 5.07. The average Bonchev–Trinajstić information content (AvgIpc) is 3.05. The Bertz CT molecular complexity index is 1050. The van der Waals surface area contributed by atoms with Gasteiger partial charge < -0.3 is 9.51 Å². The number of benzene rings is 2. The van der Waals surface area contributed by atoms with E-state index < -0.39 is 0 Å². The van der Waals surface area contributed by atoms with E-state index in [1.807, 2.05) is 79.2 Å². The number of rotatable bonds is 3. The molecule has 0 spiro atoms. The summed E-state index contributed by atoms with van der Waals surface area (Å²) in [7, 11) is 0. The lowest BCUT2D eigenvalue weighted by Gasteiger charge is -2.05. The van der Waals surface area contributed by atoms with Crippen molar-refractivity contribution in [3.63, 3.8) is 0 Å². The van der Waals surface area contributed by atoms with Crippen molar-refractivity contribution in [3.8, 4) is 17.0 Å². The normalized spacial score (nSPS) is 11.5. The minimum absolute atomic E-state index is 0.257. The Morgan fingerprint density at radius 1 is 1.04 bits per heavy atom. The van der Waals surface area contributed by atoms with Gasteiger partial charge >= 0.3 is 0 Å². The third-order valence-corrected chi connectivity index (χ3v) is 4.38. The van der Waals surface area contributed by atoms with Crippen molar-refractivity contribution >= 4 is 17.5 Å². The highest BCUT2D eigenvalue weighted by Crippen LogP contribution is 2.24. The number of aromatic hydroxyl groups is 1. The van der Waals surface area contributed by atoms with E-state index in [0.717, 1.165) is 39.3 Å². The van der Waals surface area contributed by atoms with Crippen LogP contribution in [0.25, 0.3) is 16.9 Å². The first-order chi connectivity index (χ1) is 12.6. The molecular formula is C22H19N3O. The third kappa shape index (κ3) is 3.09. The minimum atomic E-state index is 0.257. The Labute approximate surface area is 152 Å². The van der Waals surface area contributed by atoms with Gasteiger partial charge in [0, 0.05) is 29.7 Å². The number of hydrogen-bond donors (Lipinski definition) is 1. The van der Waals surface area contributed by atoms with E-state index in [0.29, 0.717) is 0 Å². The molecule has 0 aliphatic rings. The fraction of sp³-hybridized carbons (Fsp3) is 0.0909. The molecule has 0 bridgehead atoms. The van der Waals surface area contributed by atoms with Crippen LogP contribution in [0.1, 0.15) is 16.7 Å². The second-order valence-corrected chi connectivity index (χ2v) is 6.41. The maximum Gasteiger partial charge on any atom is 0.137 e. The van der Waals surface area contributed by atoms with Gasteiger partial charge in [0.15, 0.2) is 0 Å². The van der Waals surface area contributed by atoms with Crippen molar-refractivity contribution in [2.75, 3.05) is 0 Å². The standard InChI is InChI=1S/C22H19N3O/c1-15-11-16(2)19(21(26)12-15)13-23-18-8-6-17(7-9-18)20-14-25-10-4-3-5-22(25)24-20/h3-14,26H,1-2H3. The lowest BCUT2D eigenvalue weighted by Crippen LogP contribution is -1.89. The lowest BCUT2D eigenvalue weighted by molar-refractivity contribution is 0.473. The van der Waals surface area contributed by atoms with Crippen molar-refractivity contribution in [2.24, 2.45) is 4.99 Å². The van der Waals surface area contributed by atoms with Crippen LogP contribution < -0.4 is 0 Å². The van der Waals surface area contributed by atoms with Crippen LogP contribution in [0, 0.1) is 13.8 Å². The Kier molecular flexibility index (Phi) is 4.01. The van der Waals surface area contributed by atoms with Gasteiger partial charge in [-0.2, -0.15) is 0 Å². The molecule has 4 aromatic rings. The van der Waals surface area contributed by atoms with E-state index in [1.165, 1.54) is 0 Å². The molecule has 0 aliphatic carbocycles. The average molecular weight is 341 g/mol. The van der Waals surface area contributed by atoms with E-state index in [1.54, 1.807) is 12.3 Å². The number of phenols is 1. The summed E-state index contributed by atoms with van der Waals surface area (Å²) in [6.45, 7) is 3.94. The zero-order valence-corrected chi connectivity index (χ0v) is 14.7. The van der Waals surface area contributed by atoms with Gasteiger partial charge in [0.05, 0.1) is 11.4 Å². The smallest absolute Gasteiger partial charge is 0.137 e. The van der Waals surface area contributed by atoms with Gasteiger partial charge in [-0.3, -0.25) is 4.99 Å². The summed E-state index contributed by atoms with van der Waals surface area (Å²) in [4.78, 5) is 9.12. The van der Waals surface area contributed by atoms with Crippen LogP contribution in [0.3, 0.4) is 0 Å². The summed E-state index contributed by atoms with van der Waals surface area (Å²) in [5.41, 5.74) is 6.52. The number of aromatic nitrogens is 2. The molecule has 4 rings (SSSR count). The summed E-state index contributed by atoms with van der Waals surface area (Å²) >= 11 is 0. The fourth-order valence-electron chi connectivity index (χ4n) is 3.06. The zero-order valence-electron chi connectivity index (χ0n) is 14.7. The number of fused-ring (bicyclic) bond motifs is 1. The van der Waals surface area contributed by atoms with E-state index in [2.05, 4.69) is 9.98 Å². The summed E-state index contributed by atoms with van der Waals surface area (Å²) < 4.78 is 2.00. The van der Waals surface area contributed by atoms with Crippen LogP contribution in [0.4, 0.5) is 5.69 Å². The number of hydrogen-bond acceptors (Lipinski definition) is 3. The minimum Gasteiger partial charge on any atom is -0.507 e. The molecule has 0 unspecified atom stereocenters. The highest BCUT2D eigenvalue weighted by molar-refractivity contribution is 5.87. The molecule has 2 aromatic heterocycles. The highest BCUT2D eigenvalue weighted by atomic mass is 16.3. The molecular weight excluding hydrogens is 322 g/mol. The molecule has 1 N–H and O–H groups in total. The van der Waals surface area contributed by atoms with Gasteiger partial charge in [-0.1, -0.05) is 24.3 Å². The molecule has 128 valence electrons. The first kappa shape index (κ1) is 16.1. The third-order valence-electron chi connectivity index (χ3n) is 4.38. The SMILES string of the molecule is Cc1cc(C)c(C=Nc2ccc(-c3cn4ccccc4n3)cc2)c(O)c1. The largest absolute Gasteiger partial charge is 0.507 e. The monoisotopic (exact) mass is 341 g/mol. The fourth-order valence-corrected chi connectivity index (χ4v) is 3.06. The van der Waals surface area contributed by atoms with Crippen molar-refractivity contribution in [1.82, 2.24) is 9.38 Å². The lowest BCUT2D eigenvalue weighted by atomic mass is 10.1. The van der Waals surface area contributed by atoms with Gasteiger partial charge in [-0.05, 0) is 55.3 Å². The second-order valence-electron chi connectivity index (χ2n) is 6.41. The first-order valence-electron chi connectivity index (χ1n) is 8.48. The molecule has 0 amide bonds. The summed E-state index contributed by atoms with van der Waals surface area (Å²) in [5, 5.41) is 10.1. The van der Waals surface area contributed by atoms with Gasteiger partial charge in [-0.25, -0.2) is 4.98 Å². The number of phenolic OH excluding ortho intramolecular Hbond substituents is 1. The van der Waals surface area contributed by atoms with E-state index in [9.17, 15) is 5.11 Å². The zero-order chi connectivity index (χ0) is 18.1. The van der Waals surface area contributed by atoms with Gasteiger partial charge in [0.2, 0.25) is 0 Å². The van der Waals surface area contributed by atoms with Crippen LogP contribution in [-0.4, -0.2) is 20.7 Å². The van der Waals surface area contributed by atoms with Crippen molar-refractivity contribution < 1.29 is 5.11 Å². The van der Waals surface area contributed by atoms with Crippen LogP contribution >= 0.6 is 0 Å². The predicted molar refractivity (Wildman–Crippen MR) is 105 cm³/mol. The molecule has 0 fully saturated rings. The first-order valence-corrected chi connectivity index (χ1v) is 8.48. The molecule has 2 heterocycles. The second kappa shape index (κ2) is 6.48. The maximum atomic E-state index is 10.1. The number of aryl methyl sites for hydroxylation is 2. The van der Waals surface area contributed by atoms with Gasteiger partial charge in [0.1, 0.15) is 11.4 Å². The Morgan fingerprint density at radius 2 is 1.85 bits per heavy atom. The summed E-state index contributed by atoms with van der Waals surface area (Å²) in [6.07, 6.45) is 5.71. The quantitative estimate of drug-likeness (QED) is 0.529. The molecule has 4 nitrogen and oxygen atoms in total. The van der Waals surface area contributed by atoms with E-state index in [-0.39, 0.29) is 5.75 Å². The topological polar surface area (TPSA) is 49.9 Å². The van der Waals surface area contributed by atoms with E-state index >= 15 is 0 Å². The Morgan fingerprint density at radius 3 is 2.58 bits per heavy atom. The van der Waals surface area contributed by atoms with Gasteiger partial charge in [0.25, 0.3) is 0 Å². The molecule has 26 heavy (non-hydrogen) atoms. The molecule has 4 heteroatoms. The van der Waals surface area contributed by atoms with Crippen LogP contribution in [-0.2, 0) is 0 Å². The summed E-state index contributed by atoms with van der Waals surface area (Å²) in [6, 6.07) is 17.7. The number of nitrogens with zero attached hydrogens (tertiary/aromatic N) is 3. The van der Waals surface area contributed by atoms with Crippen LogP contribution in [0.15, 0.2) is 72.0 Å². The number of pyridine rings is 1. The number of imidazole rings is 1. The number of aliphatic imine (C=N–C) groups is 1. The summed E-state index contributed by atoms with van der Waals surface area (Å²) in [5.74, 6) is 0.257. The van der Waals surface area contributed by atoms with Crippen molar-refractivity contribution in [2.45, 2.75) is 13.8 Å². The molecule has 0 aliphatic heterocycles. The molecule has 0 atom stereocenters. The Hall–Kier alpha value is -3.40. The van der Waals surface area contributed by atoms with Crippen molar-refractivity contribution in [1.29, 1.82) is 0 Å².